The van der Waals surface area contributed by atoms with Crippen LogP contribution in [-0.4, -0.2) is 34.2 Å². The molecule has 4 rings (SSSR count). The van der Waals surface area contributed by atoms with Crippen LogP contribution in [0.2, 0.25) is 0 Å². The number of aryl methyl sites for hydroxylation is 2. The number of phenolic OH excluding ortho intramolecular Hbond substituents is 1. The zero-order chi connectivity index (χ0) is 20.5. The summed E-state index contributed by atoms with van der Waals surface area (Å²) in [7, 11) is 0. The molecule has 0 amide bonds. The summed E-state index contributed by atoms with van der Waals surface area (Å²) in [6, 6.07) is 8.19. The highest BCUT2D eigenvalue weighted by molar-refractivity contribution is 5.78. The largest absolute Gasteiger partial charge is 0.506 e. The molecule has 0 saturated heterocycles. The predicted molar refractivity (Wildman–Crippen MR) is 116 cm³/mol. The van der Waals surface area contributed by atoms with Crippen LogP contribution >= 0.6 is 0 Å². The SMILES string of the molecule is CCc1cc2c(cc1CC)CC(NC(CO)c1ccc(O)c3c1C=CC(O)N3)C2. The Balaban J connectivity index is 1.57. The monoisotopic (exact) mass is 394 g/mol. The molecule has 2 aromatic carbocycles. The van der Waals surface area contributed by atoms with E-state index in [1.807, 2.05) is 6.07 Å². The lowest BCUT2D eigenvalue weighted by Crippen LogP contribution is -2.36. The maximum atomic E-state index is 10.2. The first-order chi connectivity index (χ1) is 14.0. The molecule has 2 atom stereocenters. The molecule has 5 nitrogen and oxygen atoms in total. The van der Waals surface area contributed by atoms with Gasteiger partial charge in [-0.25, -0.2) is 0 Å². The maximum absolute atomic E-state index is 10.2. The standard InChI is InChI=1S/C24H30N2O3/c1-3-14-9-16-11-18(12-17(16)10-15(14)4-2)25-21(13-27)19-5-7-22(28)24-20(19)6-8-23(29)26-24/h5-10,18,21,23,25-29H,3-4,11-13H2,1-2H3. The molecule has 1 aliphatic carbocycles. The van der Waals surface area contributed by atoms with Gasteiger partial charge in [-0.1, -0.05) is 38.1 Å². The van der Waals surface area contributed by atoms with Gasteiger partial charge in [-0.2, -0.15) is 0 Å². The number of hydrogen-bond acceptors (Lipinski definition) is 5. The number of fused-ring (bicyclic) bond motifs is 2. The van der Waals surface area contributed by atoms with E-state index in [1.54, 1.807) is 18.2 Å². The summed E-state index contributed by atoms with van der Waals surface area (Å²) in [4.78, 5) is 0. The molecular formula is C24H30N2O3. The Hall–Kier alpha value is -2.34. The lowest BCUT2D eigenvalue weighted by atomic mass is 9.95. The lowest BCUT2D eigenvalue weighted by molar-refractivity contribution is 0.233. The Morgan fingerprint density at radius 2 is 1.76 bits per heavy atom. The smallest absolute Gasteiger partial charge is 0.144 e. The van der Waals surface area contributed by atoms with E-state index in [2.05, 4.69) is 36.6 Å². The fourth-order valence-electron chi connectivity index (χ4n) is 4.72. The lowest BCUT2D eigenvalue weighted by Gasteiger charge is -2.27. The van der Waals surface area contributed by atoms with Gasteiger partial charge in [0.05, 0.1) is 18.3 Å². The molecule has 1 heterocycles. The minimum atomic E-state index is -0.825. The third-order valence-corrected chi connectivity index (χ3v) is 6.21. The van der Waals surface area contributed by atoms with Gasteiger partial charge >= 0.3 is 0 Å². The van der Waals surface area contributed by atoms with Crippen molar-refractivity contribution in [2.45, 2.75) is 57.8 Å². The van der Waals surface area contributed by atoms with Crippen molar-refractivity contribution in [1.29, 1.82) is 0 Å². The highest BCUT2D eigenvalue weighted by Gasteiger charge is 2.27. The fraction of sp³-hybridized carbons (Fsp3) is 0.417. The third kappa shape index (κ3) is 3.78. The molecule has 0 bridgehead atoms. The summed E-state index contributed by atoms with van der Waals surface area (Å²) >= 11 is 0. The van der Waals surface area contributed by atoms with Crippen LogP contribution in [0.25, 0.3) is 6.08 Å². The number of aromatic hydroxyl groups is 1. The normalized spacial score (nSPS) is 19.0. The Morgan fingerprint density at radius 1 is 1.10 bits per heavy atom. The minimum Gasteiger partial charge on any atom is -0.506 e. The van der Waals surface area contributed by atoms with Crippen molar-refractivity contribution in [3.8, 4) is 5.75 Å². The van der Waals surface area contributed by atoms with Gasteiger partial charge in [0.2, 0.25) is 0 Å². The second kappa shape index (κ2) is 8.19. The molecule has 29 heavy (non-hydrogen) atoms. The number of nitrogens with one attached hydrogen (secondary N) is 2. The van der Waals surface area contributed by atoms with Gasteiger partial charge in [-0.3, -0.25) is 0 Å². The average Bonchev–Trinajstić information content (AvgIpc) is 3.13. The van der Waals surface area contributed by atoms with E-state index in [0.29, 0.717) is 5.69 Å². The zero-order valence-electron chi connectivity index (χ0n) is 17.1. The number of benzene rings is 2. The molecule has 5 heteroatoms. The third-order valence-electron chi connectivity index (χ3n) is 6.21. The molecule has 1 aliphatic heterocycles. The highest BCUT2D eigenvalue weighted by Crippen LogP contribution is 2.37. The second-order valence-electron chi connectivity index (χ2n) is 8.01. The van der Waals surface area contributed by atoms with Crippen LogP contribution < -0.4 is 10.6 Å². The molecule has 154 valence electrons. The van der Waals surface area contributed by atoms with Crippen LogP contribution in [0, 0.1) is 0 Å². The molecule has 2 aliphatic rings. The van der Waals surface area contributed by atoms with E-state index < -0.39 is 6.23 Å². The van der Waals surface area contributed by atoms with Gasteiger partial charge < -0.3 is 26.0 Å². The molecule has 5 N–H and O–H groups in total. The molecule has 0 spiro atoms. The quantitative estimate of drug-likeness (QED) is 0.486. The molecule has 2 aromatic rings. The van der Waals surface area contributed by atoms with Gasteiger partial charge in [0, 0.05) is 11.6 Å². The Bertz CT molecular complexity index is 905. The molecular weight excluding hydrogens is 364 g/mol. The van der Waals surface area contributed by atoms with Crippen LogP contribution in [0.5, 0.6) is 5.75 Å². The van der Waals surface area contributed by atoms with Crippen LogP contribution in [0.3, 0.4) is 0 Å². The van der Waals surface area contributed by atoms with E-state index in [0.717, 1.165) is 36.8 Å². The van der Waals surface area contributed by atoms with Crippen molar-refractivity contribution >= 4 is 11.8 Å². The minimum absolute atomic E-state index is 0.0408. The summed E-state index contributed by atoms with van der Waals surface area (Å²) in [5.74, 6) is 0.0938. The van der Waals surface area contributed by atoms with Crippen molar-refractivity contribution in [3.63, 3.8) is 0 Å². The maximum Gasteiger partial charge on any atom is 0.144 e. The van der Waals surface area contributed by atoms with Crippen LogP contribution in [0.1, 0.15) is 53.3 Å². The number of phenols is 1. The number of aliphatic hydroxyl groups is 2. The van der Waals surface area contributed by atoms with Crippen molar-refractivity contribution in [2.75, 3.05) is 11.9 Å². The van der Waals surface area contributed by atoms with Gasteiger partial charge in [0.15, 0.2) is 0 Å². The molecule has 0 radical (unpaired) electrons. The predicted octanol–water partition coefficient (Wildman–Crippen LogP) is 3.06. The van der Waals surface area contributed by atoms with Crippen LogP contribution in [0.4, 0.5) is 5.69 Å². The van der Waals surface area contributed by atoms with Crippen molar-refractivity contribution in [1.82, 2.24) is 5.32 Å². The van der Waals surface area contributed by atoms with Crippen molar-refractivity contribution in [2.24, 2.45) is 0 Å². The van der Waals surface area contributed by atoms with Crippen LogP contribution in [0.15, 0.2) is 30.3 Å². The molecule has 0 aromatic heterocycles. The van der Waals surface area contributed by atoms with Crippen molar-refractivity contribution in [3.05, 3.63) is 63.7 Å². The Labute approximate surface area is 172 Å². The highest BCUT2D eigenvalue weighted by atomic mass is 16.3. The van der Waals surface area contributed by atoms with Gasteiger partial charge in [-0.05, 0) is 65.6 Å². The first-order valence-corrected chi connectivity index (χ1v) is 10.5. The average molecular weight is 395 g/mol. The number of hydrogen-bond donors (Lipinski definition) is 5. The first-order valence-electron chi connectivity index (χ1n) is 10.5. The second-order valence-corrected chi connectivity index (χ2v) is 8.01. The van der Waals surface area contributed by atoms with Crippen molar-refractivity contribution < 1.29 is 15.3 Å². The fourth-order valence-corrected chi connectivity index (χ4v) is 4.72. The van der Waals surface area contributed by atoms with Gasteiger partial charge in [-0.15, -0.1) is 0 Å². The van der Waals surface area contributed by atoms with E-state index in [9.17, 15) is 15.3 Å². The Kier molecular flexibility index (Phi) is 5.63. The summed E-state index contributed by atoms with van der Waals surface area (Å²) < 4.78 is 0. The van der Waals surface area contributed by atoms with Gasteiger partial charge in [0.25, 0.3) is 0 Å². The van der Waals surface area contributed by atoms with Gasteiger partial charge in [0.1, 0.15) is 12.0 Å². The summed E-state index contributed by atoms with van der Waals surface area (Å²) in [5, 5.41) is 36.6. The van der Waals surface area contributed by atoms with E-state index >= 15 is 0 Å². The topological polar surface area (TPSA) is 84.8 Å². The number of aliphatic hydroxyl groups excluding tert-OH is 2. The molecule has 2 unspecified atom stereocenters. The number of rotatable bonds is 6. The summed E-state index contributed by atoms with van der Waals surface area (Å²) in [6.07, 6.45) is 6.64. The first kappa shape index (κ1) is 20.0. The van der Waals surface area contributed by atoms with E-state index in [1.165, 1.54) is 22.3 Å². The van der Waals surface area contributed by atoms with Crippen LogP contribution in [-0.2, 0) is 25.7 Å². The van der Waals surface area contributed by atoms with E-state index in [-0.39, 0.29) is 24.4 Å². The summed E-state index contributed by atoms with van der Waals surface area (Å²) in [6.45, 7) is 4.38. The van der Waals surface area contributed by atoms with E-state index in [4.69, 9.17) is 0 Å². The molecule has 0 saturated carbocycles. The summed E-state index contributed by atoms with van der Waals surface area (Å²) in [5.41, 5.74) is 7.92. The zero-order valence-corrected chi connectivity index (χ0v) is 17.1. The molecule has 0 fully saturated rings. The Morgan fingerprint density at radius 3 is 2.34 bits per heavy atom. The number of anilines is 1.